The molecule has 0 aromatic heterocycles. The summed E-state index contributed by atoms with van der Waals surface area (Å²) in [5, 5.41) is 11.2. The van der Waals surface area contributed by atoms with Crippen LogP contribution in [0.15, 0.2) is 150 Å². The molecule has 2 heterocycles. The molecule has 0 spiro atoms. The van der Waals surface area contributed by atoms with Crippen LogP contribution in [0.5, 0.6) is 0 Å². The predicted octanol–water partition coefficient (Wildman–Crippen LogP) is 11.2. The zero-order valence-corrected chi connectivity index (χ0v) is 26.4. The van der Waals surface area contributed by atoms with E-state index in [1.807, 2.05) is 0 Å². The van der Waals surface area contributed by atoms with Gasteiger partial charge in [-0.25, -0.2) is 0 Å². The van der Waals surface area contributed by atoms with Gasteiger partial charge in [-0.05, 0) is 92.4 Å². The Bertz CT molecular complexity index is 2160. The number of allylic oxidation sites excluding steroid dienone is 9. The van der Waals surface area contributed by atoms with Crippen LogP contribution in [0.3, 0.4) is 0 Å². The molecule has 1 N–H and O–H groups in total. The number of nitrogens with one attached hydrogen (secondary N) is 1. The Kier molecular flexibility index (Phi) is 7.34. The van der Waals surface area contributed by atoms with Gasteiger partial charge in [-0.2, -0.15) is 0 Å². The van der Waals surface area contributed by atoms with Gasteiger partial charge in [0.2, 0.25) is 0 Å². The van der Waals surface area contributed by atoms with Crippen molar-refractivity contribution < 1.29 is 0 Å². The van der Waals surface area contributed by atoms with Crippen LogP contribution in [-0.2, 0) is 0 Å². The molecule has 3 unspecified atom stereocenters. The van der Waals surface area contributed by atoms with Gasteiger partial charge in [0.1, 0.15) is 0 Å². The molecule has 0 radical (unpaired) electrons. The van der Waals surface area contributed by atoms with Crippen LogP contribution in [0.4, 0.5) is 0 Å². The van der Waals surface area contributed by atoms with Crippen LogP contribution in [0, 0.1) is 11.8 Å². The van der Waals surface area contributed by atoms with E-state index in [2.05, 4.69) is 165 Å². The molecule has 2 nitrogen and oxygen atoms in total. The van der Waals surface area contributed by atoms with Crippen LogP contribution >= 0.6 is 0 Å². The normalized spacial score (nSPS) is 24.3. The molecular weight excluding hydrogens is 556 g/mol. The Hall–Kier alpha value is -5.21. The molecule has 3 atom stereocenters. The van der Waals surface area contributed by atoms with Gasteiger partial charge in [-0.1, -0.05) is 134 Å². The van der Waals surface area contributed by atoms with E-state index in [-0.39, 0.29) is 0 Å². The van der Waals surface area contributed by atoms with Crippen molar-refractivity contribution in [2.45, 2.75) is 32.7 Å². The van der Waals surface area contributed by atoms with Gasteiger partial charge in [0, 0.05) is 29.4 Å². The second-order valence-corrected chi connectivity index (χ2v) is 12.7. The predicted molar refractivity (Wildman–Crippen MR) is 199 cm³/mol. The molecule has 224 valence electrons. The average Bonchev–Trinajstić information content (AvgIpc) is 3.08. The van der Waals surface area contributed by atoms with Gasteiger partial charge in [-0.15, -0.1) is 0 Å². The Morgan fingerprint density at radius 2 is 1.24 bits per heavy atom. The van der Waals surface area contributed by atoms with Crippen molar-refractivity contribution in [2.75, 3.05) is 0 Å². The number of fused-ring (bicyclic) bond motifs is 3. The quantitative estimate of drug-likeness (QED) is 0.206. The number of benzene rings is 5. The highest BCUT2D eigenvalue weighted by Crippen LogP contribution is 2.45. The molecule has 2 aliphatic heterocycles. The number of hydrogen-bond acceptors (Lipinski definition) is 2. The molecule has 0 saturated heterocycles. The minimum absolute atomic E-state index is 0.312. The molecule has 5 aromatic rings. The Morgan fingerprint density at radius 1 is 0.630 bits per heavy atom. The Morgan fingerprint density at radius 3 is 1.91 bits per heavy atom. The third-order valence-corrected chi connectivity index (χ3v) is 9.54. The second-order valence-electron chi connectivity index (χ2n) is 12.7. The first kappa shape index (κ1) is 28.3. The van der Waals surface area contributed by atoms with Crippen LogP contribution in [0.25, 0.3) is 54.7 Å². The molecule has 3 aliphatic rings. The highest BCUT2D eigenvalue weighted by atomic mass is 15.0. The molecule has 8 rings (SSSR count). The summed E-state index contributed by atoms with van der Waals surface area (Å²) in [4.78, 5) is 4.92. The average molecular weight is 595 g/mol. The highest BCUT2D eigenvalue weighted by Gasteiger charge is 2.24. The van der Waals surface area contributed by atoms with E-state index in [9.17, 15) is 0 Å². The monoisotopic (exact) mass is 594 g/mol. The van der Waals surface area contributed by atoms with E-state index in [1.54, 1.807) is 0 Å². The SMILES string of the molecule is CC1/C=C\C=C/C/C=C\C(c2c3ccccc3c(-c3ccc(C4=CC(C5=CC(C)N5)CC=N4)c4ccccc34)c3ccccc23)=C/1. The van der Waals surface area contributed by atoms with Crippen molar-refractivity contribution >= 4 is 49.8 Å². The molecule has 2 heteroatoms. The van der Waals surface area contributed by atoms with Crippen LogP contribution in [0.1, 0.15) is 37.8 Å². The standard InChI is InChI=1S/C44H38N2/c1-29-14-6-4-3-5-7-15-32(26-29)43-36-18-10-12-20-38(36)44(39-21-13-11-19-37(39)43)40-23-22-35(33-16-8-9-17-34(33)40)42-28-31(24-25-45-42)41-27-30(2)46-41/h3-4,6-23,25-31,46H,5,24H2,1-2H3/b4-3-,14-6-,15-7-,32-26+. The molecule has 1 aliphatic carbocycles. The smallest absolute Gasteiger partial charge is 0.0671 e. The minimum atomic E-state index is 0.312. The highest BCUT2D eigenvalue weighted by molar-refractivity contribution is 6.22. The second kappa shape index (κ2) is 11.9. The first-order valence-corrected chi connectivity index (χ1v) is 16.6. The minimum Gasteiger partial charge on any atom is -0.382 e. The van der Waals surface area contributed by atoms with Crippen molar-refractivity contribution in [3.05, 3.63) is 156 Å². The maximum Gasteiger partial charge on any atom is 0.0671 e. The summed E-state index contributed by atoms with van der Waals surface area (Å²) in [5.74, 6) is 0.661. The fraction of sp³-hybridized carbons (Fsp3) is 0.159. The number of nitrogens with zero attached hydrogens (tertiary/aromatic N) is 1. The summed E-state index contributed by atoms with van der Waals surface area (Å²) < 4.78 is 0. The summed E-state index contributed by atoms with van der Waals surface area (Å²) in [6.07, 6.45) is 24.4. The molecular formula is C44H38N2. The summed E-state index contributed by atoms with van der Waals surface area (Å²) in [7, 11) is 0. The molecule has 0 amide bonds. The summed E-state index contributed by atoms with van der Waals surface area (Å²) in [6.45, 7) is 4.46. The van der Waals surface area contributed by atoms with E-state index in [1.165, 1.54) is 65.8 Å². The van der Waals surface area contributed by atoms with E-state index < -0.39 is 0 Å². The number of rotatable bonds is 4. The zero-order valence-electron chi connectivity index (χ0n) is 26.4. The maximum absolute atomic E-state index is 4.92. The third kappa shape index (κ3) is 5.04. The number of aliphatic imine (C=N–C) groups is 1. The first-order chi connectivity index (χ1) is 22.7. The maximum atomic E-state index is 4.92. The Labute approximate surface area is 271 Å². The molecule has 46 heavy (non-hydrogen) atoms. The van der Waals surface area contributed by atoms with E-state index in [0.29, 0.717) is 17.9 Å². The van der Waals surface area contributed by atoms with E-state index in [0.717, 1.165) is 18.5 Å². The van der Waals surface area contributed by atoms with Gasteiger partial charge < -0.3 is 5.32 Å². The Balaban J connectivity index is 1.36. The zero-order chi connectivity index (χ0) is 31.0. The van der Waals surface area contributed by atoms with Gasteiger partial charge >= 0.3 is 0 Å². The lowest BCUT2D eigenvalue weighted by atomic mass is 9.83. The largest absolute Gasteiger partial charge is 0.382 e. The van der Waals surface area contributed by atoms with Gasteiger partial charge in [0.15, 0.2) is 0 Å². The summed E-state index contributed by atoms with van der Waals surface area (Å²) in [6, 6.07) is 31.9. The molecule has 5 aromatic carbocycles. The first-order valence-electron chi connectivity index (χ1n) is 16.6. The van der Waals surface area contributed by atoms with Crippen molar-refractivity contribution in [1.82, 2.24) is 5.32 Å². The fourth-order valence-corrected chi connectivity index (χ4v) is 7.40. The summed E-state index contributed by atoms with van der Waals surface area (Å²) in [5.41, 5.74) is 8.67. The van der Waals surface area contributed by atoms with Crippen molar-refractivity contribution in [3.63, 3.8) is 0 Å². The summed E-state index contributed by atoms with van der Waals surface area (Å²) >= 11 is 0. The van der Waals surface area contributed by atoms with Gasteiger partial charge in [-0.3, -0.25) is 4.99 Å². The van der Waals surface area contributed by atoms with Crippen LogP contribution in [-0.4, -0.2) is 12.3 Å². The fourth-order valence-electron chi connectivity index (χ4n) is 7.40. The van der Waals surface area contributed by atoms with Crippen molar-refractivity contribution in [1.29, 1.82) is 0 Å². The lowest BCUT2D eigenvalue weighted by molar-refractivity contribution is 0.563. The molecule has 0 fully saturated rings. The topological polar surface area (TPSA) is 24.4 Å². The molecule has 0 saturated carbocycles. The molecule has 0 bridgehead atoms. The van der Waals surface area contributed by atoms with Crippen LogP contribution < -0.4 is 5.32 Å². The third-order valence-electron chi connectivity index (χ3n) is 9.54. The lowest BCUT2D eigenvalue weighted by Gasteiger charge is -2.31. The van der Waals surface area contributed by atoms with Crippen molar-refractivity contribution in [2.24, 2.45) is 16.8 Å². The lowest BCUT2D eigenvalue weighted by Crippen LogP contribution is -2.37. The van der Waals surface area contributed by atoms with Crippen molar-refractivity contribution in [3.8, 4) is 11.1 Å². The van der Waals surface area contributed by atoms with Gasteiger partial charge in [0.25, 0.3) is 0 Å². The van der Waals surface area contributed by atoms with Crippen LogP contribution in [0.2, 0.25) is 0 Å². The number of hydrogen-bond donors (Lipinski definition) is 1. The van der Waals surface area contributed by atoms with E-state index in [4.69, 9.17) is 4.99 Å². The van der Waals surface area contributed by atoms with Gasteiger partial charge in [0.05, 0.1) is 5.70 Å². The van der Waals surface area contributed by atoms with E-state index >= 15 is 0 Å².